The predicted octanol–water partition coefficient (Wildman–Crippen LogP) is 3.63. The number of hydrogen-bond acceptors (Lipinski definition) is 3. The van der Waals surface area contributed by atoms with Crippen LogP contribution in [0.2, 0.25) is 0 Å². The second-order valence-electron chi connectivity index (χ2n) is 4.66. The Morgan fingerprint density at radius 3 is 2.35 bits per heavy atom. The monoisotopic (exact) mass is 332 g/mol. The third kappa shape index (κ3) is 2.94. The maximum absolute atomic E-state index is 13.9. The third-order valence-electron chi connectivity index (χ3n) is 3.18. The number of carboxylic acid groups (broad SMARTS) is 1. The van der Waals surface area contributed by atoms with E-state index < -0.39 is 40.6 Å². The standard InChI is InChI=1S/C14H9F5N2O2/c1-5-8(20)4-9(21-12(5)13(22)23)6-2-3-7(14(17,18)19)11(16)10(6)15/h2-4H,1H3,(H2,20,21)(H,22,23). The lowest BCUT2D eigenvalue weighted by atomic mass is 10.0. The summed E-state index contributed by atoms with van der Waals surface area (Å²) in [5.74, 6) is -5.33. The molecule has 0 saturated carbocycles. The van der Waals surface area contributed by atoms with Gasteiger partial charge < -0.3 is 10.8 Å². The number of anilines is 1. The number of hydrogen-bond donors (Lipinski definition) is 2. The summed E-state index contributed by atoms with van der Waals surface area (Å²) in [5, 5.41) is 9.00. The van der Waals surface area contributed by atoms with Gasteiger partial charge in [-0.1, -0.05) is 0 Å². The van der Waals surface area contributed by atoms with Crippen LogP contribution in [0, 0.1) is 18.6 Å². The molecule has 2 aromatic rings. The molecule has 0 radical (unpaired) electrons. The van der Waals surface area contributed by atoms with Gasteiger partial charge >= 0.3 is 12.1 Å². The van der Waals surface area contributed by atoms with E-state index in [2.05, 4.69) is 4.98 Å². The molecule has 0 amide bonds. The normalized spacial score (nSPS) is 11.6. The molecule has 9 heteroatoms. The van der Waals surface area contributed by atoms with Crippen LogP contribution >= 0.6 is 0 Å². The fourth-order valence-corrected chi connectivity index (χ4v) is 1.94. The zero-order chi connectivity index (χ0) is 17.5. The molecule has 0 spiro atoms. The number of nitrogens with zero attached hydrogens (tertiary/aromatic N) is 1. The van der Waals surface area contributed by atoms with Crippen molar-refractivity contribution in [1.29, 1.82) is 0 Å². The first kappa shape index (κ1) is 16.7. The molecule has 122 valence electrons. The minimum atomic E-state index is -5.06. The first-order valence-corrected chi connectivity index (χ1v) is 6.10. The van der Waals surface area contributed by atoms with E-state index in [0.29, 0.717) is 12.1 Å². The molecular weight excluding hydrogens is 323 g/mol. The van der Waals surface area contributed by atoms with Crippen LogP contribution in [0.25, 0.3) is 11.3 Å². The van der Waals surface area contributed by atoms with Crippen molar-refractivity contribution in [3.8, 4) is 11.3 Å². The van der Waals surface area contributed by atoms with E-state index in [0.717, 1.165) is 6.07 Å². The van der Waals surface area contributed by atoms with E-state index >= 15 is 0 Å². The number of rotatable bonds is 2. The molecular formula is C14H9F5N2O2. The molecule has 3 N–H and O–H groups in total. The largest absolute Gasteiger partial charge is 0.477 e. The van der Waals surface area contributed by atoms with Crippen molar-refractivity contribution in [2.24, 2.45) is 0 Å². The Hall–Kier alpha value is -2.71. The van der Waals surface area contributed by atoms with Crippen LogP contribution in [0.5, 0.6) is 0 Å². The van der Waals surface area contributed by atoms with Gasteiger partial charge in [-0.25, -0.2) is 18.6 Å². The Morgan fingerprint density at radius 2 is 1.83 bits per heavy atom. The molecule has 0 bridgehead atoms. The van der Waals surface area contributed by atoms with Crippen molar-refractivity contribution in [3.63, 3.8) is 0 Å². The average Bonchev–Trinajstić information content (AvgIpc) is 2.43. The number of carboxylic acids is 1. The van der Waals surface area contributed by atoms with Crippen molar-refractivity contribution < 1.29 is 31.9 Å². The van der Waals surface area contributed by atoms with Gasteiger partial charge in [-0.3, -0.25) is 0 Å². The van der Waals surface area contributed by atoms with Gasteiger partial charge in [-0.15, -0.1) is 0 Å². The van der Waals surface area contributed by atoms with Gasteiger partial charge in [0, 0.05) is 16.8 Å². The van der Waals surface area contributed by atoms with Crippen LogP contribution in [-0.4, -0.2) is 16.1 Å². The fourth-order valence-electron chi connectivity index (χ4n) is 1.94. The second-order valence-corrected chi connectivity index (χ2v) is 4.66. The lowest BCUT2D eigenvalue weighted by Crippen LogP contribution is -2.11. The van der Waals surface area contributed by atoms with E-state index in [1.54, 1.807) is 0 Å². The Morgan fingerprint density at radius 1 is 1.22 bits per heavy atom. The van der Waals surface area contributed by atoms with Gasteiger partial charge in [0.15, 0.2) is 17.3 Å². The summed E-state index contributed by atoms with van der Waals surface area (Å²) in [6.07, 6.45) is -5.06. The van der Waals surface area contributed by atoms with E-state index in [9.17, 15) is 26.7 Å². The molecule has 0 aliphatic heterocycles. The van der Waals surface area contributed by atoms with Gasteiger partial charge in [-0.2, -0.15) is 13.2 Å². The van der Waals surface area contributed by atoms with Crippen LogP contribution in [0.3, 0.4) is 0 Å². The van der Waals surface area contributed by atoms with Gasteiger partial charge in [0.25, 0.3) is 0 Å². The first-order chi connectivity index (χ1) is 10.5. The summed E-state index contributed by atoms with van der Waals surface area (Å²) in [6.45, 7) is 1.36. The third-order valence-corrected chi connectivity index (χ3v) is 3.18. The van der Waals surface area contributed by atoms with Crippen LogP contribution in [0.4, 0.5) is 27.6 Å². The number of aromatic carboxylic acids is 1. The van der Waals surface area contributed by atoms with Crippen molar-refractivity contribution >= 4 is 11.7 Å². The minimum absolute atomic E-state index is 0.0629. The van der Waals surface area contributed by atoms with E-state index in [1.807, 2.05) is 0 Å². The zero-order valence-corrected chi connectivity index (χ0v) is 11.5. The molecule has 0 aliphatic rings. The van der Waals surface area contributed by atoms with Gasteiger partial charge in [0.1, 0.15) is 0 Å². The van der Waals surface area contributed by atoms with Crippen molar-refractivity contribution in [3.05, 3.63) is 46.7 Å². The number of carbonyl (C=O) groups is 1. The Labute approximate surface area is 126 Å². The Kier molecular flexibility index (Phi) is 3.97. The van der Waals surface area contributed by atoms with E-state index in [4.69, 9.17) is 10.8 Å². The summed E-state index contributed by atoms with van der Waals surface area (Å²) in [4.78, 5) is 14.7. The smallest absolute Gasteiger partial charge is 0.419 e. The number of aromatic nitrogens is 1. The summed E-state index contributed by atoms with van der Waals surface area (Å²) in [5.41, 5.74) is 2.36. The SMILES string of the molecule is Cc1c(N)cc(-c2ccc(C(F)(F)F)c(F)c2F)nc1C(=O)O. The molecule has 0 aliphatic carbocycles. The van der Waals surface area contributed by atoms with E-state index in [-0.39, 0.29) is 16.9 Å². The van der Waals surface area contributed by atoms with Gasteiger partial charge in [-0.05, 0) is 25.1 Å². The van der Waals surface area contributed by atoms with Crippen molar-refractivity contribution in [1.82, 2.24) is 4.98 Å². The lowest BCUT2D eigenvalue weighted by Gasteiger charge is -2.12. The maximum Gasteiger partial charge on any atom is 0.419 e. The topological polar surface area (TPSA) is 76.2 Å². The maximum atomic E-state index is 13.9. The highest BCUT2D eigenvalue weighted by atomic mass is 19.4. The highest BCUT2D eigenvalue weighted by Crippen LogP contribution is 2.35. The van der Waals surface area contributed by atoms with Gasteiger partial charge in [0.05, 0.1) is 11.3 Å². The lowest BCUT2D eigenvalue weighted by molar-refractivity contribution is -0.140. The number of pyridine rings is 1. The molecule has 23 heavy (non-hydrogen) atoms. The van der Waals surface area contributed by atoms with Crippen LogP contribution in [0.15, 0.2) is 18.2 Å². The van der Waals surface area contributed by atoms with Crippen LogP contribution in [0.1, 0.15) is 21.6 Å². The minimum Gasteiger partial charge on any atom is -0.477 e. The highest BCUT2D eigenvalue weighted by molar-refractivity contribution is 5.90. The summed E-state index contributed by atoms with van der Waals surface area (Å²) in [6, 6.07) is 2.09. The molecule has 2 rings (SSSR count). The molecule has 4 nitrogen and oxygen atoms in total. The molecule has 1 aromatic heterocycles. The zero-order valence-electron chi connectivity index (χ0n) is 11.5. The summed E-state index contributed by atoms with van der Waals surface area (Å²) in [7, 11) is 0. The first-order valence-electron chi connectivity index (χ1n) is 6.10. The summed E-state index contributed by atoms with van der Waals surface area (Å²) < 4.78 is 65.1. The number of nitrogens with two attached hydrogens (primary N) is 1. The molecule has 0 atom stereocenters. The Balaban J connectivity index is 2.69. The summed E-state index contributed by atoms with van der Waals surface area (Å²) >= 11 is 0. The number of benzene rings is 1. The number of nitrogen functional groups attached to an aromatic ring is 1. The molecule has 0 saturated heterocycles. The van der Waals surface area contributed by atoms with Crippen LogP contribution in [-0.2, 0) is 6.18 Å². The second kappa shape index (κ2) is 5.49. The van der Waals surface area contributed by atoms with Crippen molar-refractivity contribution in [2.75, 3.05) is 5.73 Å². The van der Waals surface area contributed by atoms with E-state index in [1.165, 1.54) is 6.92 Å². The predicted molar refractivity (Wildman–Crippen MR) is 70.7 cm³/mol. The number of halogens is 5. The molecule has 0 fully saturated rings. The highest BCUT2D eigenvalue weighted by Gasteiger charge is 2.36. The fraction of sp³-hybridized carbons (Fsp3) is 0.143. The average molecular weight is 332 g/mol. The molecule has 1 aromatic carbocycles. The van der Waals surface area contributed by atoms with Crippen LogP contribution < -0.4 is 5.73 Å². The molecule has 1 heterocycles. The molecule has 0 unspecified atom stereocenters. The number of alkyl halides is 3. The Bertz CT molecular complexity index is 803. The van der Waals surface area contributed by atoms with Gasteiger partial charge in [0.2, 0.25) is 0 Å². The quantitative estimate of drug-likeness (QED) is 0.823. The van der Waals surface area contributed by atoms with Crippen molar-refractivity contribution in [2.45, 2.75) is 13.1 Å².